The molecule has 6 nitrogen and oxygen atoms in total. The van der Waals surface area contributed by atoms with Crippen molar-refractivity contribution < 1.29 is 19.4 Å². The zero-order valence-electron chi connectivity index (χ0n) is 15.5. The van der Waals surface area contributed by atoms with Gasteiger partial charge in [0, 0.05) is 18.5 Å². The van der Waals surface area contributed by atoms with Crippen molar-refractivity contribution in [3.8, 4) is 5.75 Å². The van der Waals surface area contributed by atoms with E-state index in [-0.39, 0.29) is 35.8 Å². The van der Waals surface area contributed by atoms with E-state index in [9.17, 15) is 14.7 Å². The van der Waals surface area contributed by atoms with Crippen LogP contribution in [-0.2, 0) is 9.59 Å². The lowest BCUT2D eigenvalue weighted by Crippen LogP contribution is -2.36. The van der Waals surface area contributed by atoms with Crippen molar-refractivity contribution in [2.24, 2.45) is 4.99 Å². The molecule has 1 N–H and O–H groups in total. The van der Waals surface area contributed by atoms with E-state index in [0.29, 0.717) is 18.5 Å². The quantitative estimate of drug-likeness (QED) is 0.814. The van der Waals surface area contributed by atoms with Crippen LogP contribution in [0.3, 0.4) is 0 Å². The minimum Gasteiger partial charge on any atom is -0.511 e. The van der Waals surface area contributed by atoms with E-state index in [1.807, 2.05) is 53.4 Å². The molecule has 2 aromatic rings. The third kappa shape index (κ3) is 3.17. The average Bonchev–Trinajstić information content (AvgIpc) is 2.73. The largest absolute Gasteiger partial charge is 0.511 e. The summed E-state index contributed by atoms with van der Waals surface area (Å²) in [5.41, 5.74) is 2.53. The van der Waals surface area contributed by atoms with Crippen molar-refractivity contribution >= 4 is 34.3 Å². The van der Waals surface area contributed by atoms with E-state index >= 15 is 0 Å². The van der Waals surface area contributed by atoms with E-state index in [1.165, 1.54) is 0 Å². The van der Waals surface area contributed by atoms with E-state index in [2.05, 4.69) is 4.99 Å². The number of Topliss-reactive ketones (excluding diaryl/α,β-unsaturated/α-hetero) is 2. The summed E-state index contributed by atoms with van der Waals surface area (Å²) in [6.45, 7) is 0.215. The maximum atomic E-state index is 13.0. The van der Waals surface area contributed by atoms with Crippen molar-refractivity contribution in [2.45, 2.75) is 19.3 Å². The highest BCUT2D eigenvalue weighted by atomic mass is 16.5. The number of benzene rings is 2. The number of rotatable bonds is 4. The average molecular weight is 376 g/mol. The third-order valence-electron chi connectivity index (χ3n) is 4.99. The standard InChI is InChI=1S/C22H20N2O4/c1-28-15-11-9-14(10-12-15)24-13-17(23-16-5-2-3-6-18(16)24)22(27)21-19(25)7-4-8-20(21)26/h2-3,5-6,9-12,25H,4,7-8,13H2,1H3. The van der Waals surface area contributed by atoms with Gasteiger partial charge in [0.1, 0.15) is 22.8 Å². The lowest BCUT2D eigenvalue weighted by atomic mass is 9.91. The monoisotopic (exact) mass is 376 g/mol. The number of anilines is 2. The number of carbonyl (C=O) groups is 2. The first-order valence-corrected chi connectivity index (χ1v) is 9.16. The molecule has 6 heteroatoms. The summed E-state index contributed by atoms with van der Waals surface area (Å²) in [6.07, 6.45) is 1.19. The van der Waals surface area contributed by atoms with Crippen LogP contribution in [0.25, 0.3) is 0 Å². The molecule has 4 rings (SSSR count). The van der Waals surface area contributed by atoms with Gasteiger partial charge in [-0.1, -0.05) is 12.1 Å². The maximum absolute atomic E-state index is 13.0. The molecule has 0 saturated carbocycles. The number of hydrogen-bond donors (Lipinski definition) is 1. The molecule has 1 aliphatic heterocycles. The number of aliphatic hydroxyl groups excluding tert-OH is 1. The van der Waals surface area contributed by atoms with Gasteiger partial charge in [0.25, 0.3) is 0 Å². The van der Waals surface area contributed by atoms with Gasteiger partial charge < -0.3 is 14.7 Å². The Kier molecular flexibility index (Phi) is 4.69. The molecule has 2 aliphatic rings. The first-order valence-electron chi connectivity index (χ1n) is 9.16. The Balaban J connectivity index is 1.75. The summed E-state index contributed by atoms with van der Waals surface area (Å²) in [5, 5.41) is 10.1. The number of hydrogen-bond acceptors (Lipinski definition) is 6. The fraction of sp³-hybridized carbons (Fsp3) is 0.227. The number of methoxy groups -OCH3 is 1. The van der Waals surface area contributed by atoms with Crippen LogP contribution in [0.5, 0.6) is 5.75 Å². The molecule has 0 amide bonds. The maximum Gasteiger partial charge on any atom is 0.216 e. The second kappa shape index (κ2) is 7.31. The van der Waals surface area contributed by atoms with Gasteiger partial charge >= 0.3 is 0 Å². The normalized spacial score (nSPS) is 16.5. The Hall–Kier alpha value is -3.41. The smallest absolute Gasteiger partial charge is 0.216 e. The van der Waals surface area contributed by atoms with Crippen LogP contribution >= 0.6 is 0 Å². The van der Waals surface area contributed by atoms with Gasteiger partial charge in [-0.05, 0) is 42.8 Å². The van der Waals surface area contributed by atoms with Gasteiger partial charge in [0.05, 0.1) is 25.0 Å². The molecule has 0 spiro atoms. The van der Waals surface area contributed by atoms with Gasteiger partial charge in [0.15, 0.2) is 5.78 Å². The van der Waals surface area contributed by atoms with Gasteiger partial charge in [-0.2, -0.15) is 0 Å². The Morgan fingerprint density at radius 1 is 1.11 bits per heavy atom. The van der Waals surface area contributed by atoms with Crippen LogP contribution in [0.2, 0.25) is 0 Å². The summed E-state index contributed by atoms with van der Waals surface area (Å²) < 4.78 is 5.22. The first-order chi connectivity index (χ1) is 13.6. The van der Waals surface area contributed by atoms with E-state index < -0.39 is 5.78 Å². The predicted octanol–water partition coefficient (Wildman–Crippen LogP) is 4.05. The molecule has 28 heavy (non-hydrogen) atoms. The zero-order valence-corrected chi connectivity index (χ0v) is 15.5. The summed E-state index contributed by atoms with van der Waals surface area (Å²) >= 11 is 0. The van der Waals surface area contributed by atoms with Crippen LogP contribution in [-0.4, -0.2) is 36.0 Å². The van der Waals surface area contributed by atoms with Crippen molar-refractivity contribution in [1.29, 1.82) is 0 Å². The SMILES string of the molecule is COc1ccc(N2CC(C(=O)C3=C(O)CCCC3=O)=Nc3ccccc32)cc1. The topological polar surface area (TPSA) is 79.2 Å². The molecule has 0 aromatic heterocycles. The number of fused-ring (bicyclic) bond motifs is 1. The zero-order chi connectivity index (χ0) is 19.7. The molecule has 0 saturated heterocycles. The second-order valence-corrected chi connectivity index (χ2v) is 6.76. The van der Waals surface area contributed by atoms with Crippen LogP contribution in [0.1, 0.15) is 19.3 Å². The highest BCUT2D eigenvalue weighted by molar-refractivity contribution is 6.53. The van der Waals surface area contributed by atoms with Crippen LogP contribution in [0, 0.1) is 0 Å². The molecule has 0 bridgehead atoms. The molecule has 0 atom stereocenters. The second-order valence-electron chi connectivity index (χ2n) is 6.76. The molecule has 0 unspecified atom stereocenters. The van der Waals surface area contributed by atoms with Gasteiger partial charge in [-0.3, -0.25) is 9.59 Å². The molecule has 1 heterocycles. The Labute approximate surface area is 162 Å². The number of aliphatic hydroxyl groups is 1. The van der Waals surface area contributed by atoms with Crippen LogP contribution < -0.4 is 9.64 Å². The molecular formula is C22H20N2O4. The summed E-state index contributed by atoms with van der Waals surface area (Å²) in [7, 11) is 1.61. The van der Waals surface area contributed by atoms with E-state index in [0.717, 1.165) is 17.1 Å². The van der Waals surface area contributed by atoms with E-state index in [4.69, 9.17) is 4.74 Å². The number of allylic oxidation sites excluding steroid dienone is 2. The number of ether oxygens (including phenoxy) is 1. The summed E-state index contributed by atoms with van der Waals surface area (Å²) in [6, 6.07) is 15.1. The van der Waals surface area contributed by atoms with Crippen molar-refractivity contribution in [2.75, 3.05) is 18.6 Å². The van der Waals surface area contributed by atoms with Crippen LogP contribution in [0.15, 0.2) is 64.9 Å². The Bertz CT molecular complexity index is 1010. The minimum absolute atomic E-state index is 0.112. The summed E-state index contributed by atoms with van der Waals surface area (Å²) in [4.78, 5) is 31.8. The number of nitrogens with zero attached hydrogens (tertiary/aromatic N) is 2. The Morgan fingerprint density at radius 3 is 2.57 bits per heavy atom. The molecule has 0 radical (unpaired) electrons. The Morgan fingerprint density at radius 2 is 1.86 bits per heavy atom. The molecule has 1 aliphatic carbocycles. The highest BCUT2D eigenvalue weighted by Gasteiger charge is 2.32. The lowest BCUT2D eigenvalue weighted by molar-refractivity contribution is -0.119. The van der Waals surface area contributed by atoms with Gasteiger partial charge in [-0.25, -0.2) is 4.99 Å². The summed E-state index contributed by atoms with van der Waals surface area (Å²) in [5.74, 6) is -0.192. The highest BCUT2D eigenvalue weighted by Crippen LogP contribution is 2.38. The third-order valence-corrected chi connectivity index (χ3v) is 4.99. The molecular weight excluding hydrogens is 356 g/mol. The lowest BCUT2D eigenvalue weighted by Gasteiger charge is -2.30. The molecule has 2 aromatic carbocycles. The van der Waals surface area contributed by atoms with Gasteiger partial charge in [0.2, 0.25) is 5.78 Å². The van der Waals surface area contributed by atoms with E-state index in [1.54, 1.807) is 7.11 Å². The number of aliphatic imine (C=N–C) groups is 1. The predicted molar refractivity (Wildman–Crippen MR) is 107 cm³/mol. The number of carbonyl (C=O) groups excluding carboxylic acids is 2. The minimum atomic E-state index is -0.491. The number of ketones is 2. The van der Waals surface area contributed by atoms with Crippen molar-refractivity contribution in [3.63, 3.8) is 0 Å². The van der Waals surface area contributed by atoms with Crippen LogP contribution in [0.4, 0.5) is 17.1 Å². The fourth-order valence-corrected chi connectivity index (χ4v) is 3.55. The molecule has 0 fully saturated rings. The van der Waals surface area contributed by atoms with Gasteiger partial charge in [-0.15, -0.1) is 0 Å². The first kappa shape index (κ1) is 18.0. The fourth-order valence-electron chi connectivity index (χ4n) is 3.55. The van der Waals surface area contributed by atoms with Crippen molar-refractivity contribution in [1.82, 2.24) is 0 Å². The molecule has 142 valence electrons. The number of para-hydroxylation sites is 2. The van der Waals surface area contributed by atoms with Crippen molar-refractivity contribution in [3.05, 3.63) is 59.9 Å².